The topological polar surface area (TPSA) is 4.93 Å². The highest BCUT2D eigenvalue weighted by Gasteiger charge is 2.01. The molecule has 88 valence electrons. The summed E-state index contributed by atoms with van der Waals surface area (Å²) in [5.74, 6) is 0. The molecule has 0 aliphatic heterocycles. The number of rotatable bonds is 2. The van der Waals surface area contributed by atoms with Crippen molar-refractivity contribution in [3.8, 4) is 0 Å². The summed E-state index contributed by atoms with van der Waals surface area (Å²) >= 11 is 0. The van der Waals surface area contributed by atoms with E-state index in [0.717, 1.165) is 0 Å². The largest absolute Gasteiger partial charge is 0.321 e. The smallest absolute Gasteiger partial charge is 0.0525 e. The maximum atomic E-state index is 2.22. The van der Waals surface area contributed by atoms with E-state index < -0.39 is 0 Å². The molecule has 0 radical (unpaired) electrons. The molecule has 0 saturated carbocycles. The first-order chi connectivity index (χ1) is 8.84. The van der Waals surface area contributed by atoms with Gasteiger partial charge in [0, 0.05) is 17.3 Å². The van der Waals surface area contributed by atoms with E-state index in [0.29, 0.717) is 0 Å². The monoisotopic (exact) mass is 233 g/mol. The van der Waals surface area contributed by atoms with E-state index >= 15 is 0 Å². The number of para-hydroxylation sites is 1. The second kappa shape index (κ2) is 4.53. The van der Waals surface area contributed by atoms with Gasteiger partial charge >= 0.3 is 0 Å². The Labute approximate surface area is 107 Å². The van der Waals surface area contributed by atoms with Crippen LogP contribution in [0.2, 0.25) is 0 Å². The standard InChI is InChI=1S/C17H15N/c1-14-13-16-9-5-6-10-17(16)18(14)12-11-15-7-3-2-4-8-15/h2-13H,1H3. The van der Waals surface area contributed by atoms with Crippen molar-refractivity contribution in [2.45, 2.75) is 6.92 Å². The fraction of sp³-hybridized carbons (Fsp3) is 0.0588. The van der Waals surface area contributed by atoms with Gasteiger partial charge < -0.3 is 4.57 Å². The van der Waals surface area contributed by atoms with Crippen molar-refractivity contribution in [3.05, 3.63) is 71.9 Å². The van der Waals surface area contributed by atoms with Crippen molar-refractivity contribution in [3.63, 3.8) is 0 Å². The highest BCUT2D eigenvalue weighted by atomic mass is 15.0. The Kier molecular flexibility index (Phi) is 2.73. The van der Waals surface area contributed by atoms with Gasteiger partial charge in [-0.2, -0.15) is 0 Å². The van der Waals surface area contributed by atoms with Crippen LogP contribution in [0, 0.1) is 6.92 Å². The van der Waals surface area contributed by atoms with E-state index in [4.69, 9.17) is 0 Å². The molecule has 0 saturated heterocycles. The van der Waals surface area contributed by atoms with Crippen LogP contribution in [-0.4, -0.2) is 4.57 Å². The van der Waals surface area contributed by atoms with E-state index in [2.05, 4.69) is 78.4 Å². The normalized spacial score (nSPS) is 11.4. The molecular weight excluding hydrogens is 218 g/mol. The predicted molar refractivity (Wildman–Crippen MR) is 78.3 cm³/mol. The van der Waals surface area contributed by atoms with E-state index in [1.807, 2.05) is 6.07 Å². The van der Waals surface area contributed by atoms with Crippen molar-refractivity contribution in [2.75, 3.05) is 0 Å². The molecule has 0 amide bonds. The molecule has 1 aromatic heterocycles. The van der Waals surface area contributed by atoms with Crippen molar-refractivity contribution in [1.82, 2.24) is 4.57 Å². The first-order valence-corrected chi connectivity index (χ1v) is 6.14. The molecule has 1 heterocycles. The van der Waals surface area contributed by atoms with Crippen molar-refractivity contribution in [1.29, 1.82) is 0 Å². The Morgan fingerprint density at radius 1 is 0.889 bits per heavy atom. The predicted octanol–water partition coefficient (Wildman–Crippen LogP) is 4.58. The van der Waals surface area contributed by atoms with Crippen LogP contribution in [0.1, 0.15) is 11.3 Å². The molecule has 18 heavy (non-hydrogen) atoms. The Balaban J connectivity index is 2.05. The summed E-state index contributed by atoms with van der Waals surface area (Å²) < 4.78 is 2.22. The summed E-state index contributed by atoms with van der Waals surface area (Å²) in [6.45, 7) is 2.13. The average molecular weight is 233 g/mol. The van der Waals surface area contributed by atoms with Gasteiger partial charge in [-0.05, 0) is 30.7 Å². The van der Waals surface area contributed by atoms with Gasteiger partial charge in [-0.25, -0.2) is 0 Å². The second-order valence-corrected chi connectivity index (χ2v) is 4.44. The minimum absolute atomic E-state index is 1.22. The quantitative estimate of drug-likeness (QED) is 0.610. The minimum atomic E-state index is 1.22. The molecule has 0 bridgehead atoms. The average Bonchev–Trinajstić information content (AvgIpc) is 2.73. The summed E-state index contributed by atoms with van der Waals surface area (Å²) in [7, 11) is 0. The first-order valence-electron chi connectivity index (χ1n) is 6.14. The number of fused-ring (bicyclic) bond motifs is 1. The Hall–Kier alpha value is -2.28. The van der Waals surface area contributed by atoms with Gasteiger partial charge in [0.2, 0.25) is 0 Å². The zero-order valence-corrected chi connectivity index (χ0v) is 10.4. The third-order valence-corrected chi connectivity index (χ3v) is 3.16. The van der Waals surface area contributed by atoms with Crippen LogP contribution in [0.5, 0.6) is 0 Å². The molecule has 0 spiro atoms. The summed E-state index contributed by atoms with van der Waals surface area (Å²) in [4.78, 5) is 0. The van der Waals surface area contributed by atoms with Gasteiger partial charge in [0.25, 0.3) is 0 Å². The van der Waals surface area contributed by atoms with E-state index in [9.17, 15) is 0 Å². The second-order valence-electron chi connectivity index (χ2n) is 4.44. The van der Waals surface area contributed by atoms with Crippen LogP contribution >= 0.6 is 0 Å². The fourth-order valence-corrected chi connectivity index (χ4v) is 2.24. The molecule has 0 aliphatic rings. The Bertz CT molecular complexity index is 690. The number of hydrogen-bond donors (Lipinski definition) is 0. The lowest BCUT2D eigenvalue weighted by Gasteiger charge is -2.01. The van der Waals surface area contributed by atoms with E-state index in [1.165, 1.54) is 22.2 Å². The zero-order valence-electron chi connectivity index (χ0n) is 10.4. The first kappa shape index (κ1) is 10.8. The molecule has 1 nitrogen and oxygen atoms in total. The number of aryl methyl sites for hydroxylation is 1. The number of aromatic nitrogens is 1. The Morgan fingerprint density at radius 2 is 1.61 bits per heavy atom. The molecule has 3 aromatic rings. The third-order valence-electron chi connectivity index (χ3n) is 3.16. The molecule has 0 fully saturated rings. The van der Waals surface area contributed by atoms with Crippen molar-refractivity contribution in [2.24, 2.45) is 0 Å². The van der Waals surface area contributed by atoms with Crippen LogP contribution in [-0.2, 0) is 0 Å². The lowest BCUT2D eigenvalue weighted by atomic mass is 10.2. The molecule has 3 rings (SSSR count). The number of benzene rings is 2. The number of nitrogens with zero attached hydrogens (tertiary/aromatic N) is 1. The van der Waals surface area contributed by atoms with Crippen LogP contribution in [0.25, 0.3) is 23.2 Å². The van der Waals surface area contributed by atoms with Crippen LogP contribution < -0.4 is 0 Å². The highest BCUT2D eigenvalue weighted by molar-refractivity contribution is 5.84. The van der Waals surface area contributed by atoms with Crippen LogP contribution in [0.15, 0.2) is 60.7 Å². The summed E-state index contributed by atoms with van der Waals surface area (Å²) in [6.07, 6.45) is 4.27. The van der Waals surface area contributed by atoms with Crippen molar-refractivity contribution >= 4 is 23.2 Å². The SMILES string of the molecule is Cc1cc2ccccc2n1C=Cc1ccccc1. The highest BCUT2D eigenvalue weighted by Crippen LogP contribution is 2.20. The summed E-state index contributed by atoms with van der Waals surface area (Å²) in [5.41, 5.74) is 3.72. The van der Waals surface area contributed by atoms with Gasteiger partial charge in [-0.15, -0.1) is 0 Å². The molecule has 0 atom stereocenters. The van der Waals surface area contributed by atoms with Gasteiger partial charge in [0.1, 0.15) is 0 Å². The molecule has 0 unspecified atom stereocenters. The van der Waals surface area contributed by atoms with E-state index in [1.54, 1.807) is 0 Å². The minimum Gasteiger partial charge on any atom is -0.321 e. The van der Waals surface area contributed by atoms with Crippen LogP contribution in [0.3, 0.4) is 0 Å². The lowest BCUT2D eigenvalue weighted by Crippen LogP contribution is -1.87. The van der Waals surface area contributed by atoms with Crippen molar-refractivity contribution < 1.29 is 0 Å². The number of hydrogen-bond acceptors (Lipinski definition) is 0. The molecule has 0 N–H and O–H groups in total. The molecule has 2 aromatic carbocycles. The Morgan fingerprint density at radius 3 is 2.44 bits per heavy atom. The maximum absolute atomic E-state index is 2.22. The van der Waals surface area contributed by atoms with Gasteiger partial charge in [0.05, 0.1) is 5.52 Å². The summed E-state index contributed by atoms with van der Waals surface area (Å²) in [5, 5.41) is 1.28. The lowest BCUT2D eigenvalue weighted by molar-refractivity contribution is 1.13. The van der Waals surface area contributed by atoms with Gasteiger partial charge in [-0.3, -0.25) is 0 Å². The maximum Gasteiger partial charge on any atom is 0.0525 e. The zero-order chi connectivity index (χ0) is 12.4. The van der Waals surface area contributed by atoms with E-state index in [-0.39, 0.29) is 0 Å². The molecule has 0 aliphatic carbocycles. The van der Waals surface area contributed by atoms with Gasteiger partial charge in [-0.1, -0.05) is 48.5 Å². The molecule has 1 heteroatoms. The fourth-order valence-electron chi connectivity index (χ4n) is 2.24. The molecular formula is C17H15N. The third kappa shape index (κ3) is 1.95. The summed E-state index contributed by atoms with van der Waals surface area (Å²) in [6, 6.07) is 21.0. The van der Waals surface area contributed by atoms with Crippen LogP contribution in [0.4, 0.5) is 0 Å². The van der Waals surface area contributed by atoms with Gasteiger partial charge in [0.15, 0.2) is 0 Å².